The Morgan fingerprint density at radius 2 is 2.00 bits per heavy atom. The van der Waals surface area contributed by atoms with Gasteiger partial charge in [0.05, 0.1) is 22.1 Å². The van der Waals surface area contributed by atoms with Crippen molar-refractivity contribution < 1.29 is 4.74 Å². The van der Waals surface area contributed by atoms with E-state index in [1.54, 1.807) is 13.2 Å². The molecule has 0 unspecified atom stereocenters. The van der Waals surface area contributed by atoms with Crippen LogP contribution >= 0.6 is 39.1 Å². The van der Waals surface area contributed by atoms with E-state index in [0.717, 1.165) is 15.4 Å². The van der Waals surface area contributed by atoms with Gasteiger partial charge in [-0.05, 0) is 34.1 Å². The van der Waals surface area contributed by atoms with Crippen LogP contribution in [0.15, 0.2) is 22.7 Å². The van der Waals surface area contributed by atoms with Crippen molar-refractivity contribution in [2.24, 2.45) is 0 Å². The molecule has 0 N–H and O–H groups in total. The lowest BCUT2D eigenvalue weighted by molar-refractivity contribution is 0.413. The predicted molar refractivity (Wildman–Crippen MR) is 66.0 cm³/mol. The van der Waals surface area contributed by atoms with Gasteiger partial charge in [-0.3, -0.25) is 0 Å². The molecule has 1 aromatic heterocycles. The van der Waals surface area contributed by atoms with Crippen LogP contribution in [-0.2, 0) is 0 Å². The van der Waals surface area contributed by atoms with Crippen molar-refractivity contribution in [1.29, 1.82) is 0 Å². The molecule has 5 heteroatoms. The number of ether oxygens (including phenoxy) is 1. The van der Waals surface area contributed by atoms with E-state index in [-0.39, 0.29) is 0 Å². The quantitative estimate of drug-likeness (QED) is 0.732. The van der Waals surface area contributed by atoms with Crippen LogP contribution in [0.5, 0.6) is 5.75 Å². The first kappa shape index (κ1) is 11.0. The molecule has 2 rings (SSSR count). The van der Waals surface area contributed by atoms with Gasteiger partial charge in [-0.1, -0.05) is 23.2 Å². The number of benzene rings is 1. The molecule has 0 radical (unpaired) electrons. The number of methoxy groups -OCH3 is 1. The van der Waals surface area contributed by atoms with Crippen LogP contribution in [0.4, 0.5) is 0 Å². The van der Waals surface area contributed by atoms with Gasteiger partial charge in [0.2, 0.25) is 0 Å². The summed E-state index contributed by atoms with van der Waals surface area (Å²) in [5.41, 5.74) is 0.736. The Bertz CT molecular complexity index is 530. The fourth-order valence-electron chi connectivity index (χ4n) is 1.31. The van der Waals surface area contributed by atoms with Crippen molar-refractivity contribution in [2.45, 2.75) is 0 Å². The maximum absolute atomic E-state index is 6.05. The lowest BCUT2D eigenvalue weighted by Gasteiger charge is -2.06. The largest absolute Gasteiger partial charge is 0.496 e. The Kier molecular flexibility index (Phi) is 3.05. The van der Waals surface area contributed by atoms with E-state index in [9.17, 15) is 0 Å². The molecule has 0 atom stereocenters. The monoisotopic (exact) mass is 305 g/mol. The molecule has 1 heterocycles. The number of pyridine rings is 1. The van der Waals surface area contributed by atoms with E-state index in [2.05, 4.69) is 20.9 Å². The minimum Gasteiger partial charge on any atom is -0.496 e. The molecule has 0 saturated heterocycles. The summed E-state index contributed by atoms with van der Waals surface area (Å²) in [5, 5.41) is 1.77. The normalized spacial score (nSPS) is 10.7. The Morgan fingerprint density at radius 3 is 2.67 bits per heavy atom. The smallest absolute Gasteiger partial charge is 0.133 e. The average Bonchev–Trinajstić information content (AvgIpc) is 2.16. The maximum Gasteiger partial charge on any atom is 0.133 e. The van der Waals surface area contributed by atoms with Crippen LogP contribution in [0, 0.1) is 0 Å². The molecule has 0 spiro atoms. The number of nitrogens with zero attached hydrogens (tertiary/aromatic N) is 1. The number of aromatic nitrogens is 1. The van der Waals surface area contributed by atoms with Crippen molar-refractivity contribution >= 4 is 50.0 Å². The van der Waals surface area contributed by atoms with Crippen LogP contribution in [0.3, 0.4) is 0 Å². The third-order valence-corrected chi connectivity index (χ3v) is 3.13. The highest BCUT2D eigenvalue weighted by Crippen LogP contribution is 2.33. The summed E-state index contributed by atoms with van der Waals surface area (Å²) in [6, 6.07) is 5.26. The molecule has 1 aromatic carbocycles. The van der Waals surface area contributed by atoms with E-state index >= 15 is 0 Å². The van der Waals surface area contributed by atoms with Gasteiger partial charge in [-0.25, -0.2) is 4.98 Å². The predicted octanol–water partition coefficient (Wildman–Crippen LogP) is 4.31. The zero-order valence-electron chi connectivity index (χ0n) is 7.72. The molecule has 0 aliphatic carbocycles. The highest BCUT2D eigenvalue weighted by atomic mass is 79.9. The van der Waals surface area contributed by atoms with E-state index in [4.69, 9.17) is 27.9 Å². The van der Waals surface area contributed by atoms with Crippen molar-refractivity contribution in [2.75, 3.05) is 7.11 Å². The summed E-state index contributed by atoms with van der Waals surface area (Å²) in [7, 11) is 1.60. The molecule has 0 aliphatic heterocycles. The molecule has 78 valence electrons. The second-order valence-corrected chi connectivity index (χ2v) is 4.58. The Balaban J connectivity index is 2.81. The molecule has 2 nitrogen and oxygen atoms in total. The zero-order valence-corrected chi connectivity index (χ0v) is 10.8. The van der Waals surface area contributed by atoms with Gasteiger partial charge in [0.25, 0.3) is 0 Å². The number of hydrogen-bond donors (Lipinski definition) is 0. The molecule has 0 aliphatic rings. The van der Waals surface area contributed by atoms with Gasteiger partial charge in [0.1, 0.15) is 10.9 Å². The molecule has 0 saturated carbocycles. The summed E-state index contributed by atoms with van der Waals surface area (Å²) >= 11 is 15.2. The number of rotatable bonds is 1. The summed E-state index contributed by atoms with van der Waals surface area (Å²) in [5.74, 6) is 0.716. The number of halogens is 3. The Morgan fingerprint density at radius 1 is 1.27 bits per heavy atom. The van der Waals surface area contributed by atoms with Gasteiger partial charge in [0, 0.05) is 5.39 Å². The van der Waals surface area contributed by atoms with Crippen LogP contribution in [0.1, 0.15) is 0 Å². The Hall–Kier alpha value is -0.510. The molecule has 0 fully saturated rings. The van der Waals surface area contributed by atoms with Crippen LogP contribution in [-0.4, -0.2) is 12.1 Å². The van der Waals surface area contributed by atoms with Crippen LogP contribution in [0.2, 0.25) is 10.2 Å². The topological polar surface area (TPSA) is 22.1 Å². The number of hydrogen-bond acceptors (Lipinski definition) is 2. The second kappa shape index (κ2) is 4.16. The minimum absolute atomic E-state index is 0.379. The standard InChI is InChI=1S/C10H6BrCl2NO/c1-15-9-2-5-7(12)4-10(13)14-8(5)3-6(9)11/h2-4H,1H3. The van der Waals surface area contributed by atoms with Gasteiger partial charge < -0.3 is 4.74 Å². The summed E-state index contributed by atoms with van der Waals surface area (Å²) in [6.45, 7) is 0. The average molecular weight is 307 g/mol. The number of fused-ring (bicyclic) bond motifs is 1. The zero-order chi connectivity index (χ0) is 11.0. The SMILES string of the molecule is COc1cc2c(Cl)cc(Cl)nc2cc1Br. The first-order chi connectivity index (χ1) is 7.11. The minimum atomic E-state index is 0.379. The summed E-state index contributed by atoms with van der Waals surface area (Å²) < 4.78 is 5.99. The second-order valence-electron chi connectivity index (χ2n) is 2.93. The maximum atomic E-state index is 6.05. The van der Waals surface area contributed by atoms with Crippen molar-refractivity contribution in [3.63, 3.8) is 0 Å². The third kappa shape index (κ3) is 2.05. The summed E-state index contributed by atoms with van der Waals surface area (Å²) in [6.07, 6.45) is 0. The fraction of sp³-hybridized carbons (Fsp3) is 0.100. The van der Waals surface area contributed by atoms with Gasteiger partial charge in [-0.2, -0.15) is 0 Å². The third-order valence-electron chi connectivity index (χ3n) is 2.00. The highest BCUT2D eigenvalue weighted by Gasteiger charge is 2.08. The van der Waals surface area contributed by atoms with E-state index < -0.39 is 0 Å². The Labute approximate surface area is 105 Å². The van der Waals surface area contributed by atoms with Crippen molar-refractivity contribution in [1.82, 2.24) is 4.98 Å². The molecular formula is C10H6BrCl2NO. The summed E-state index contributed by atoms with van der Waals surface area (Å²) in [4.78, 5) is 4.17. The van der Waals surface area contributed by atoms with Crippen LogP contribution in [0.25, 0.3) is 10.9 Å². The van der Waals surface area contributed by atoms with E-state index in [0.29, 0.717) is 15.9 Å². The van der Waals surface area contributed by atoms with Gasteiger partial charge >= 0.3 is 0 Å². The van der Waals surface area contributed by atoms with E-state index in [1.165, 1.54) is 0 Å². The molecule has 0 amide bonds. The lowest BCUT2D eigenvalue weighted by atomic mass is 10.2. The van der Waals surface area contributed by atoms with Crippen LogP contribution < -0.4 is 4.74 Å². The molecule has 0 bridgehead atoms. The van der Waals surface area contributed by atoms with E-state index in [1.807, 2.05) is 12.1 Å². The van der Waals surface area contributed by atoms with Crippen molar-refractivity contribution in [3.05, 3.63) is 32.8 Å². The lowest BCUT2D eigenvalue weighted by Crippen LogP contribution is -1.87. The first-order valence-corrected chi connectivity index (χ1v) is 5.66. The fourth-order valence-corrected chi connectivity index (χ4v) is 2.32. The highest BCUT2D eigenvalue weighted by molar-refractivity contribution is 9.10. The van der Waals surface area contributed by atoms with Gasteiger partial charge in [0.15, 0.2) is 0 Å². The molecule has 2 aromatic rings. The molecular weight excluding hydrogens is 301 g/mol. The first-order valence-electron chi connectivity index (χ1n) is 4.11. The molecule has 15 heavy (non-hydrogen) atoms. The van der Waals surface area contributed by atoms with Crippen molar-refractivity contribution in [3.8, 4) is 5.75 Å². The van der Waals surface area contributed by atoms with Gasteiger partial charge in [-0.15, -0.1) is 0 Å².